The van der Waals surface area contributed by atoms with Gasteiger partial charge in [-0.25, -0.2) is 0 Å². The van der Waals surface area contributed by atoms with Crippen LogP contribution < -0.4 is 16.8 Å². The number of methoxy groups -OCH3 is 1. The maximum atomic E-state index is 5.57. The molecule has 0 aliphatic rings. The molecule has 4 heteroatoms. The van der Waals surface area contributed by atoms with Crippen LogP contribution in [0.1, 0.15) is 13.8 Å². The second-order valence-electron chi connectivity index (χ2n) is 2.55. The average Bonchev–Trinajstić information content (AvgIpc) is 1.85. The van der Waals surface area contributed by atoms with E-state index in [-0.39, 0.29) is 6.17 Å². The van der Waals surface area contributed by atoms with Crippen molar-refractivity contribution in [2.75, 3.05) is 7.11 Å². The Morgan fingerprint density at radius 3 is 2.10 bits per heavy atom. The van der Waals surface area contributed by atoms with Crippen molar-refractivity contribution < 1.29 is 4.74 Å². The van der Waals surface area contributed by atoms with Gasteiger partial charge in [0, 0.05) is 13.2 Å². The Morgan fingerprint density at radius 2 is 1.80 bits per heavy atom. The average molecular weight is 147 g/mol. The molecule has 0 radical (unpaired) electrons. The molecule has 0 fully saturated rings. The standard InChI is InChI=1S/C6H17N3O/c1-4(2)9-5(7)6(8)10-3/h4-6,9H,7-8H2,1-3H3. The second kappa shape index (κ2) is 4.62. The summed E-state index contributed by atoms with van der Waals surface area (Å²) in [4.78, 5) is 0. The second-order valence-corrected chi connectivity index (χ2v) is 2.55. The van der Waals surface area contributed by atoms with E-state index in [2.05, 4.69) is 5.32 Å². The minimum Gasteiger partial charge on any atom is -0.364 e. The highest BCUT2D eigenvalue weighted by Gasteiger charge is 2.11. The normalized spacial score (nSPS) is 17.4. The van der Waals surface area contributed by atoms with Crippen molar-refractivity contribution in [1.29, 1.82) is 0 Å². The molecule has 0 saturated heterocycles. The Kier molecular flexibility index (Phi) is 4.55. The van der Waals surface area contributed by atoms with Crippen molar-refractivity contribution in [2.45, 2.75) is 32.3 Å². The van der Waals surface area contributed by atoms with E-state index in [0.717, 1.165) is 0 Å². The van der Waals surface area contributed by atoms with E-state index in [0.29, 0.717) is 6.04 Å². The minimum absolute atomic E-state index is 0.287. The topological polar surface area (TPSA) is 73.3 Å². The van der Waals surface area contributed by atoms with E-state index in [9.17, 15) is 0 Å². The van der Waals surface area contributed by atoms with Gasteiger partial charge in [-0.3, -0.25) is 5.32 Å². The van der Waals surface area contributed by atoms with Crippen LogP contribution in [-0.4, -0.2) is 25.5 Å². The number of hydrogen-bond acceptors (Lipinski definition) is 4. The van der Waals surface area contributed by atoms with Gasteiger partial charge in [-0.05, 0) is 13.8 Å². The van der Waals surface area contributed by atoms with Crippen molar-refractivity contribution in [3.63, 3.8) is 0 Å². The molecule has 4 nitrogen and oxygen atoms in total. The summed E-state index contributed by atoms with van der Waals surface area (Å²) in [6.07, 6.45) is -0.715. The van der Waals surface area contributed by atoms with Gasteiger partial charge in [0.2, 0.25) is 0 Å². The fourth-order valence-corrected chi connectivity index (χ4v) is 0.626. The lowest BCUT2D eigenvalue weighted by molar-refractivity contribution is 0.0725. The van der Waals surface area contributed by atoms with Crippen LogP contribution >= 0.6 is 0 Å². The van der Waals surface area contributed by atoms with Crippen molar-refractivity contribution >= 4 is 0 Å². The zero-order valence-corrected chi connectivity index (χ0v) is 6.79. The molecule has 0 aliphatic heterocycles. The van der Waals surface area contributed by atoms with Crippen LogP contribution in [0.5, 0.6) is 0 Å². The van der Waals surface area contributed by atoms with Crippen molar-refractivity contribution in [2.24, 2.45) is 11.5 Å². The van der Waals surface area contributed by atoms with Crippen LogP contribution in [-0.2, 0) is 4.74 Å². The van der Waals surface area contributed by atoms with Gasteiger partial charge in [0.1, 0.15) is 6.23 Å². The molecule has 0 rings (SSSR count). The number of nitrogens with one attached hydrogen (secondary N) is 1. The van der Waals surface area contributed by atoms with Gasteiger partial charge in [0.15, 0.2) is 0 Å². The summed E-state index contributed by atoms with van der Waals surface area (Å²) in [6, 6.07) is 0.330. The number of ether oxygens (including phenoxy) is 1. The third-order valence-electron chi connectivity index (χ3n) is 1.15. The smallest absolute Gasteiger partial charge is 0.133 e. The highest BCUT2D eigenvalue weighted by Crippen LogP contribution is 1.85. The minimum atomic E-state index is -0.428. The predicted molar refractivity (Wildman–Crippen MR) is 41.2 cm³/mol. The van der Waals surface area contributed by atoms with Gasteiger partial charge in [0.25, 0.3) is 0 Å². The lowest BCUT2D eigenvalue weighted by Crippen LogP contribution is -2.54. The molecule has 0 heterocycles. The maximum absolute atomic E-state index is 5.57. The van der Waals surface area contributed by atoms with Crippen LogP contribution in [0.3, 0.4) is 0 Å². The Bertz CT molecular complexity index is 87.1. The maximum Gasteiger partial charge on any atom is 0.133 e. The van der Waals surface area contributed by atoms with E-state index in [4.69, 9.17) is 16.2 Å². The van der Waals surface area contributed by atoms with Crippen molar-refractivity contribution in [1.82, 2.24) is 5.32 Å². The molecule has 0 aromatic rings. The van der Waals surface area contributed by atoms with Crippen LogP contribution in [0.2, 0.25) is 0 Å². The lowest BCUT2D eigenvalue weighted by atomic mass is 10.3. The van der Waals surface area contributed by atoms with Crippen LogP contribution in [0.4, 0.5) is 0 Å². The quantitative estimate of drug-likeness (QED) is 0.455. The SMILES string of the molecule is COC(N)C(N)NC(C)C. The van der Waals surface area contributed by atoms with Gasteiger partial charge < -0.3 is 16.2 Å². The molecular formula is C6H17N3O. The molecule has 2 unspecified atom stereocenters. The Hall–Kier alpha value is -0.160. The first-order chi connectivity index (χ1) is 4.57. The number of nitrogens with two attached hydrogens (primary N) is 2. The molecule has 0 spiro atoms. The number of rotatable bonds is 4. The van der Waals surface area contributed by atoms with Gasteiger partial charge in [0.05, 0.1) is 6.17 Å². The molecule has 0 aromatic carbocycles. The number of hydrogen-bond donors (Lipinski definition) is 3. The fourth-order valence-electron chi connectivity index (χ4n) is 0.626. The van der Waals surface area contributed by atoms with Crippen LogP contribution in [0.15, 0.2) is 0 Å². The first kappa shape index (κ1) is 9.84. The highest BCUT2D eigenvalue weighted by atomic mass is 16.5. The third kappa shape index (κ3) is 3.79. The molecule has 0 amide bonds. The Morgan fingerprint density at radius 1 is 1.30 bits per heavy atom. The molecule has 5 N–H and O–H groups in total. The summed E-state index contributed by atoms with van der Waals surface area (Å²) in [5, 5.41) is 3.02. The molecule has 0 bridgehead atoms. The Balaban J connectivity index is 3.50. The van der Waals surface area contributed by atoms with E-state index in [1.165, 1.54) is 7.11 Å². The summed E-state index contributed by atoms with van der Waals surface area (Å²) in [7, 11) is 1.53. The molecule has 10 heavy (non-hydrogen) atoms. The Labute approximate surface area is 61.9 Å². The molecular weight excluding hydrogens is 130 g/mol. The lowest BCUT2D eigenvalue weighted by Gasteiger charge is -2.21. The zero-order valence-electron chi connectivity index (χ0n) is 6.79. The van der Waals surface area contributed by atoms with Crippen molar-refractivity contribution in [3.8, 4) is 0 Å². The monoisotopic (exact) mass is 147 g/mol. The summed E-state index contributed by atoms with van der Waals surface area (Å²) in [6.45, 7) is 4.00. The molecule has 62 valence electrons. The fraction of sp³-hybridized carbons (Fsp3) is 1.00. The van der Waals surface area contributed by atoms with Crippen molar-refractivity contribution in [3.05, 3.63) is 0 Å². The first-order valence-corrected chi connectivity index (χ1v) is 3.38. The van der Waals surface area contributed by atoms with E-state index in [1.807, 2.05) is 13.8 Å². The van der Waals surface area contributed by atoms with E-state index in [1.54, 1.807) is 0 Å². The highest BCUT2D eigenvalue weighted by molar-refractivity contribution is 4.67. The summed E-state index contributed by atoms with van der Waals surface area (Å²) < 4.78 is 4.80. The molecule has 0 aromatic heterocycles. The van der Waals surface area contributed by atoms with Gasteiger partial charge in [-0.2, -0.15) is 0 Å². The van der Waals surface area contributed by atoms with Crippen LogP contribution in [0, 0.1) is 0 Å². The zero-order chi connectivity index (χ0) is 8.15. The first-order valence-electron chi connectivity index (χ1n) is 3.38. The van der Waals surface area contributed by atoms with Gasteiger partial charge in [-0.1, -0.05) is 0 Å². The summed E-state index contributed by atoms with van der Waals surface area (Å²) in [5.41, 5.74) is 11.0. The largest absolute Gasteiger partial charge is 0.364 e. The summed E-state index contributed by atoms with van der Waals surface area (Å²) in [5.74, 6) is 0. The molecule has 2 atom stereocenters. The van der Waals surface area contributed by atoms with Gasteiger partial charge in [-0.15, -0.1) is 0 Å². The van der Waals surface area contributed by atoms with Gasteiger partial charge >= 0.3 is 0 Å². The molecule has 0 saturated carbocycles. The molecule has 0 aliphatic carbocycles. The van der Waals surface area contributed by atoms with Crippen LogP contribution in [0.25, 0.3) is 0 Å². The van der Waals surface area contributed by atoms with E-state index < -0.39 is 6.23 Å². The third-order valence-corrected chi connectivity index (χ3v) is 1.15. The van der Waals surface area contributed by atoms with E-state index >= 15 is 0 Å². The summed E-state index contributed by atoms with van der Waals surface area (Å²) >= 11 is 0. The predicted octanol–water partition coefficient (Wildman–Crippen LogP) is -0.800.